The Bertz CT molecular complexity index is 1140. The molecule has 0 fully saturated rings. The Morgan fingerprint density at radius 3 is 1.74 bits per heavy atom. The lowest BCUT2D eigenvalue weighted by molar-refractivity contribution is -0.870. The number of aliphatic hydroxyl groups is 1. The van der Waals surface area contributed by atoms with Gasteiger partial charge in [0.25, 0.3) is 0 Å². The third-order valence-corrected chi connectivity index (χ3v) is 9.33. The van der Waals surface area contributed by atoms with E-state index < -0.39 is 20.0 Å². The Hall–Kier alpha value is -2.32. The normalized spacial score (nSPS) is 15.4. The summed E-state index contributed by atoms with van der Waals surface area (Å²) in [5.41, 5.74) is 0. The second-order valence-electron chi connectivity index (χ2n) is 14.6. The molecule has 53 heavy (non-hydrogen) atoms. The Balaban J connectivity index is 4.34. The van der Waals surface area contributed by atoms with Gasteiger partial charge in [0.1, 0.15) is 13.2 Å². The number of amides is 1. The number of hydrogen-bond acceptors (Lipinski definition) is 5. The van der Waals surface area contributed by atoms with E-state index >= 15 is 0 Å². The average molecular weight is 762 g/mol. The predicted molar refractivity (Wildman–Crippen MR) is 226 cm³/mol. The van der Waals surface area contributed by atoms with Crippen molar-refractivity contribution in [2.75, 3.05) is 40.9 Å². The van der Waals surface area contributed by atoms with Crippen molar-refractivity contribution in [3.05, 3.63) is 85.1 Å². The second kappa shape index (κ2) is 35.4. The average Bonchev–Trinajstić information content (AvgIpc) is 3.10. The van der Waals surface area contributed by atoms with Crippen molar-refractivity contribution >= 4 is 13.7 Å². The minimum atomic E-state index is -4.34. The van der Waals surface area contributed by atoms with Crippen LogP contribution in [0.15, 0.2) is 85.1 Å². The fourth-order valence-corrected chi connectivity index (χ4v) is 5.80. The van der Waals surface area contributed by atoms with Crippen LogP contribution in [-0.4, -0.2) is 73.4 Å². The van der Waals surface area contributed by atoms with Crippen LogP contribution in [0.5, 0.6) is 0 Å². The zero-order valence-electron chi connectivity index (χ0n) is 34.2. The van der Waals surface area contributed by atoms with E-state index in [-0.39, 0.29) is 19.1 Å². The molecule has 8 nitrogen and oxygen atoms in total. The van der Waals surface area contributed by atoms with Gasteiger partial charge in [-0.25, -0.2) is 4.57 Å². The number of allylic oxidation sites excluding steroid dienone is 13. The second-order valence-corrected chi connectivity index (χ2v) is 16.1. The molecule has 0 aromatic heterocycles. The molecular formula is C44H78N2O6P+. The molecule has 3 unspecified atom stereocenters. The van der Waals surface area contributed by atoms with Crippen LogP contribution in [-0.2, 0) is 18.4 Å². The van der Waals surface area contributed by atoms with Gasteiger partial charge in [0, 0.05) is 6.42 Å². The molecule has 0 rings (SSSR count). The van der Waals surface area contributed by atoms with Crippen molar-refractivity contribution in [1.29, 1.82) is 0 Å². The van der Waals surface area contributed by atoms with Crippen molar-refractivity contribution in [3.63, 3.8) is 0 Å². The maximum atomic E-state index is 12.8. The first-order valence-electron chi connectivity index (χ1n) is 20.5. The number of phosphoric ester groups is 1. The highest BCUT2D eigenvalue weighted by Gasteiger charge is 2.27. The lowest BCUT2D eigenvalue weighted by Crippen LogP contribution is -2.45. The van der Waals surface area contributed by atoms with Crippen molar-refractivity contribution in [3.8, 4) is 0 Å². The highest BCUT2D eigenvalue weighted by molar-refractivity contribution is 7.47. The van der Waals surface area contributed by atoms with Gasteiger partial charge in [-0.15, -0.1) is 0 Å². The van der Waals surface area contributed by atoms with Gasteiger partial charge in [-0.05, 0) is 70.6 Å². The van der Waals surface area contributed by atoms with E-state index in [2.05, 4.69) is 92.1 Å². The standard InChI is InChI=1S/C44H77N2O6P/c1-6-8-10-12-14-16-17-18-19-20-21-22-23-24-25-26-27-28-29-30-32-34-36-38-44(48)45-42(41-52-53(49,50)51-40-39-46(3,4)5)43(47)37-35-33-31-15-13-11-9-7-2/h8,10,13-16,18-19,21-22,24-25,35,37,42-43,47H,6-7,9,11-12,17,20,23,26-34,36,38-41H2,1-5H3,(H-,45,48,49,50)/p+1/b10-8-,15-13+,16-14-,19-18-,22-21-,25-24-,37-35+. The summed E-state index contributed by atoms with van der Waals surface area (Å²) < 4.78 is 23.4. The molecule has 1 amide bonds. The molecule has 0 aromatic carbocycles. The number of carbonyl (C=O) groups excluding carboxylic acids is 1. The highest BCUT2D eigenvalue weighted by Crippen LogP contribution is 2.43. The van der Waals surface area contributed by atoms with Crippen molar-refractivity contribution in [2.24, 2.45) is 0 Å². The van der Waals surface area contributed by atoms with E-state index in [1.54, 1.807) is 6.08 Å². The van der Waals surface area contributed by atoms with Crippen molar-refractivity contribution < 1.29 is 32.9 Å². The van der Waals surface area contributed by atoms with Crippen LogP contribution >= 0.6 is 7.82 Å². The maximum absolute atomic E-state index is 12.8. The fourth-order valence-electron chi connectivity index (χ4n) is 5.07. The zero-order valence-corrected chi connectivity index (χ0v) is 35.1. The first-order valence-corrected chi connectivity index (χ1v) is 22.0. The Kier molecular flexibility index (Phi) is 33.8. The number of quaternary nitrogens is 1. The maximum Gasteiger partial charge on any atom is 0.472 e. The highest BCUT2D eigenvalue weighted by atomic mass is 31.2. The summed E-state index contributed by atoms with van der Waals surface area (Å²) in [6.07, 6.45) is 48.1. The number of phosphoric acid groups is 1. The van der Waals surface area contributed by atoms with Gasteiger partial charge in [-0.2, -0.15) is 0 Å². The van der Waals surface area contributed by atoms with Gasteiger partial charge in [-0.1, -0.05) is 144 Å². The molecule has 3 atom stereocenters. The van der Waals surface area contributed by atoms with Crippen LogP contribution in [0.2, 0.25) is 0 Å². The molecule has 0 aliphatic heterocycles. The molecule has 0 aliphatic rings. The number of unbranched alkanes of at least 4 members (excludes halogenated alkanes) is 10. The van der Waals surface area contributed by atoms with Gasteiger partial charge < -0.3 is 19.8 Å². The van der Waals surface area contributed by atoms with E-state index in [1.165, 1.54) is 32.1 Å². The van der Waals surface area contributed by atoms with Crippen LogP contribution in [0.3, 0.4) is 0 Å². The van der Waals surface area contributed by atoms with E-state index in [9.17, 15) is 19.4 Å². The molecule has 9 heteroatoms. The largest absolute Gasteiger partial charge is 0.472 e. The van der Waals surface area contributed by atoms with Gasteiger partial charge in [0.05, 0.1) is 39.9 Å². The minimum Gasteiger partial charge on any atom is -0.387 e. The summed E-state index contributed by atoms with van der Waals surface area (Å²) in [7, 11) is 1.52. The molecule has 0 spiro atoms. The zero-order chi connectivity index (χ0) is 39.3. The Labute approximate surface area is 325 Å². The molecule has 0 saturated carbocycles. The molecule has 3 N–H and O–H groups in total. The number of nitrogens with zero attached hydrogens (tertiary/aromatic N) is 1. The Morgan fingerprint density at radius 1 is 0.660 bits per heavy atom. The lowest BCUT2D eigenvalue weighted by atomic mass is 10.1. The Morgan fingerprint density at radius 2 is 1.15 bits per heavy atom. The quantitative estimate of drug-likeness (QED) is 0.0257. The van der Waals surface area contributed by atoms with Crippen LogP contribution < -0.4 is 5.32 Å². The first-order chi connectivity index (χ1) is 25.5. The fraction of sp³-hybridized carbons (Fsp3) is 0.659. The van der Waals surface area contributed by atoms with E-state index in [0.717, 1.165) is 83.5 Å². The molecule has 0 heterocycles. The molecule has 0 saturated heterocycles. The summed E-state index contributed by atoms with van der Waals surface area (Å²) >= 11 is 0. The van der Waals surface area contributed by atoms with Crippen LogP contribution in [0.1, 0.15) is 136 Å². The number of likely N-dealkylation sites (N-methyl/N-ethyl adjacent to an activating group) is 1. The third kappa shape index (κ3) is 37.8. The monoisotopic (exact) mass is 762 g/mol. The number of rotatable bonds is 35. The molecular weight excluding hydrogens is 683 g/mol. The smallest absolute Gasteiger partial charge is 0.387 e. The summed E-state index contributed by atoms with van der Waals surface area (Å²) in [6, 6.07) is -0.871. The third-order valence-electron chi connectivity index (χ3n) is 8.35. The van der Waals surface area contributed by atoms with E-state index in [1.807, 2.05) is 27.2 Å². The van der Waals surface area contributed by atoms with E-state index in [4.69, 9.17) is 9.05 Å². The molecule has 0 aliphatic carbocycles. The molecule has 304 valence electrons. The van der Waals surface area contributed by atoms with Gasteiger partial charge in [0.15, 0.2) is 0 Å². The first kappa shape index (κ1) is 50.7. The molecule has 0 bridgehead atoms. The molecule has 0 radical (unpaired) electrons. The van der Waals surface area contributed by atoms with Crippen molar-refractivity contribution in [1.82, 2.24) is 5.32 Å². The van der Waals surface area contributed by atoms with Gasteiger partial charge in [-0.3, -0.25) is 13.8 Å². The van der Waals surface area contributed by atoms with Gasteiger partial charge >= 0.3 is 7.82 Å². The summed E-state index contributed by atoms with van der Waals surface area (Å²) in [4.78, 5) is 23.0. The van der Waals surface area contributed by atoms with Crippen LogP contribution in [0, 0.1) is 0 Å². The topological polar surface area (TPSA) is 105 Å². The predicted octanol–water partition coefficient (Wildman–Crippen LogP) is 11.0. The lowest BCUT2D eigenvalue weighted by Gasteiger charge is -2.25. The summed E-state index contributed by atoms with van der Waals surface area (Å²) in [5.74, 6) is -0.208. The number of aliphatic hydroxyl groups excluding tert-OH is 1. The van der Waals surface area contributed by atoms with Gasteiger partial charge in [0.2, 0.25) is 5.91 Å². The summed E-state index contributed by atoms with van der Waals surface area (Å²) in [5, 5.41) is 13.7. The molecule has 0 aromatic rings. The minimum absolute atomic E-state index is 0.0484. The van der Waals surface area contributed by atoms with Crippen LogP contribution in [0.25, 0.3) is 0 Å². The number of nitrogens with one attached hydrogen (secondary N) is 1. The van der Waals surface area contributed by atoms with Crippen molar-refractivity contribution in [2.45, 2.75) is 148 Å². The summed E-state index contributed by atoms with van der Waals surface area (Å²) in [6.45, 7) is 4.55. The van der Waals surface area contributed by atoms with E-state index in [0.29, 0.717) is 17.4 Å². The van der Waals surface area contributed by atoms with Crippen LogP contribution in [0.4, 0.5) is 0 Å². The number of carbonyl (C=O) groups is 1. The number of hydrogen-bond donors (Lipinski definition) is 3. The SMILES string of the molecule is CC/C=C\C/C=C\C/C=C\C/C=C\C/C=C\CCCCCCCCCC(=O)NC(COP(=O)(O)OCC[N+](C)(C)C)C(O)/C=C/CC/C=C/CCCC.